The van der Waals surface area contributed by atoms with E-state index in [1.54, 1.807) is 14.0 Å². The van der Waals surface area contributed by atoms with E-state index in [1.165, 1.54) is 0 Å². The van der Waals surface area contributed by atoms with Crippen molar-refractivity contribution in [3.8, 4) is 0 Å². The van der Waals surface area contributed by atoms with Crippen LogP contribution in [0, 0.1) is 5.41 Å². The quantitative estimate of drug-likeness (QED) is 0.694. The van der Waals surface area contributed by atoms with Crippen LogP contribution in [0.15, 0.2) is 0 Å². The summed E-state index contributed by atoms with van der Waals surface area (Å²) in [4.78, 5) is 23.1. The highest BCUT2D eigenvalue weighted by Crippen LogP contribution is 2.12. The second-order valence-corrected chi connectivity index (χ2v) is 5.14. The van der Waals surface area contributed by atoms with Crippen LogP contribution in [0.1, 0.15) is 27.7 Å². The van der Waals surface area contributed by atoms with Gasteiger partial charge >= 0.3 is 12.1 Å². The minimum absolute atomic E-state index is 0.111. The number of nitrogens with one attached hydrogen (secondary N) is 2. The lowest BCUT2D eigenvalue weighted by Crippen LogP contribution is -2.48. The highest BCUT2D eigenvalue weighted by molar-refractivity contribution is 5.81. The van der Waals surface area contributed by atoms with Gasteiger partial charge in [0.1, 0.15) is 6.04 Å². The summed E-state index contributed by atoms with van der Waals surface area (Å²) >= 11 is 0. The van der Waals surface area contributed by atoms with E-state index in [-0.39, 0.29) is 18.6 Å². The van der Waals surface area contributed by atoms with Gasteiger partial charge in [-0.05, 0) is 19.4 Å². The Morgan fingerprint density at radius 3 is 2.28 bits per heavy atom. The van der Waals surface area contributed by atoms with E-state index in [9.17, 15) is 9.59 Å². The average molecular weight is 260 g/mol. The predicted molar refractivity (Wildman–Crippen MR) is 68.3 cm³/mol. The number of amides is 1. The molecule has 106 valence electrons. The van der Waals surface area contributed by atoms with Crippen LogP contribution in [0.3, 0.4) is 0 Å². The molecule has 0 bridgehead atoms. The van der Waals surface area contributed by atoms with Crippen molar-refractivity contribution in [2.45, 2.75) is 33.7 Å². The SMILES string of the molecule is CCOC(=O)[C@H](CNC)NC(=O)OCC(C)(C)C. The fourth-order valence-electron chi connectivity index (χ4n) is 1.11. The van der Waals surface area contributed by atoms with E-state index in [2.05, 4.69) is 10.6 Å². The first-order valence-electron chi connectivity index (χ1n) is 6.04. The highest BCUT2D eigenvalue weighted by Gasteiger charge is 2.22. The normalized spacial score (nSPS) is 12.7. The van der Waals surface area contributed by atoms with Gasteiger partial charge in [-0.3, -0.25) is 0 Å². The number of alkyl carbamates (subject to hydrolysis) is 1. The van der Waals surface area contributed by atoms with Crippen LogP contribution >= 0.6 is 0 Å². The monoisotopic (exact) mass is 260 g/mol. The first-order valence-corrected chi connectivity index (χ1v) is 6.04. The van der Waals surface area contributed by atoms with E-state index in [1.807, 2.05) is 20.8 Å². The summed E-state index contributed by atoms with van der Waals surface area (Å²) in [6, 6.07) is -0.734. The highest BCUT2D eigenvalue weighted by atomic mass is 16.6. The third-order valence-corrected chi connectivity index (χ3v) is 1.91. The van der Waals surface area contributed by atoms with Gasteiger partial charge in [-0.2, -0.15) is 0 Å². The van der Waals surface area contributed by atoms with Crippen molar-refractivity contribution in [1.82, 2.24) is 10.6 Å². The third kappa shape index (κ3) is 7.89. The lowest BCUT2D eigenvalue weighted by atomic mass is 9.99. The van der Waals surface area contributed by atoms with Crippen molar-refractivity contribution in [3.05, 3.63) is 0 Å². The first-order chi connectivity index (χ1) is 8.30. The third-order valence-electron chi connectivity index (χ3n) is 1.91. The summed E-state index contributed by atoms with van der Waals surface area (Å²) in [6.45, 7) is 8.44. The Morgan fingerprint density at radius 1 is 1.22 bits per heavy atom. The van der Waals surface area contributed by atoms with Crippen molar-refractivity contribution in [2.75, 3.05) is 26.8 Å². The van der Waals surface area contributed by atoms with Crippen LogP contribution in [0.4, 0.5) is 4.79 Å². The molecule has 2 N–H and O–H groups in total. The van der Waals surface area contributed by atoms with Crippen LogP contribution in [0.5, 0.6) is 0 Å². The number of rotatable bonds is 6. The first kappa shape index (κ1) is 16.7. The lowest BCUT2D eigenvalue weighted by molar-refractivity contribution is -0.145. The van der Waals surface area contributed by atoms with Gasteiger partial charge in [0.2, 0.25) is 0 Å². The molecule has 0 saturated carbocycles. The maximum Gasteiger partial charge on any atom is 0.407 e. The van der Waals surface area contributed by atoms with Gasteiger partial charge in [-0.1, -0.05) is 20.8 Å². The number of hydrogen-bond donors (Lipinski definition) is 2. The molecule has 18 heavy (non-hydrogen) atoms. The maximum absolute atomic E-state index is 11.5. The Morgan fingerprint density at radius 2 is 1.83 bits per heavy atom. The molecule has 0 aliphatic carbocycles. The molecule has 0 heterocycles. The van der Waals surface area contributed by atoms with E-state index in [4.69, 9.17) is 9.47 Å². The largest absolute Gasteiger partial charge is 0.464 e. The molecule has 1 atom stereocenters. The van der Waals surface area contributed by atoms with Gasteiger partial charge in [0.15, 0.2) is 0 Å². The summed E-state index contributed by atoms with van der Waals surface area (Å²) in [6.07, 6.45) is -0.613. The number of esters is 1. The Kier molecular flexibility index (Phi) is 7.35. The zero-order valence-electron chi connectivity index (χ0n) is 11.8. The van der Waals surface area contributed by atoms with Crippen molar-refractivity contribution in [2.24, 2.45) is 5.41 Å². The molecular weight excluding hydrogens is 236 g/mol. The fraction of sp³-hybridized carbons (Fsp3) is 0.833. The molecule has 0 aliphatic heterocycles. The van der Waals surface area contributed by atoms with Gasteiger partial charge in [0.25, 0.3) is 0 Å². The van der Waals surface area contributed by atoms with Crippen LogP contribution in [0.2, 0.25) is 0 Å². The Bertz CT molecular complexity index is 274. The Balaban J connectivity index is 4.23. The zero-order valence-corrected chi connectivity index (χ0v) is 11.8. The molecule has 6 heteroatoms. The number of ether oxygens (including phenoxy) is 2. The van der Waals surface area contributed by atoms with Gasteiger partial charge < -0.3 is 20.1 Å². The smallest absolute Gasteiger partial charge is 0.407 e. The molecule has 0 aromatic carbocycles. The molecule has 0 saturated heterocycles. The summed E-state index contributed by atoms with van der Waals surface area (Å²) in [7, 11) is 1.69. The lowest BCUT2D eigenvalue weighted by Gasteiger charge is -2.20. The van der Waals surface area contributed by atoms with Gasteiger partial charge in [0.05, 0.1) is 13.2 Å². The molecule has 0 fully saturated rings. The molecule has 0 unspecified atom stereocenters. The standard InChI is InChI=1S/C12H24N2O4/c1-6-17-10(15)9(7-13-5)14-11(16)18-8-12(2,3)4/h9,13H,6-8H2,1-5H3,(H,14,16)/t9-/m0/s1. The van der Waals surface area contributed by atoms with Gasteiger partial charge in [-0.15, -0.1) is 0 Å². The summed E-state index contributed by atoms with van der Waals surface area (Å²) in [5, 5.41) is 5.29. The topological polar surface area (TPSA) is 76.7 Å². The maximum atomic E-state index is 11.5. The zero-order chi connectivity index (χ0) is 14.2. The molecule has 0 aliphatic rings. The van der Waals surface area contributed by atoms with Crippen LogP contribution in [0.25, 0.3) is 0 Å². The van der Waals surface area contributed by atoms with Crippen molar-refractivity contribution >= 4 is 12.1 Å². The van der Waals surface area contributed by atoms with Crippen LogP contribution in [-0.2, 0) is 14.3 Å². The number of likely N-dealkylation sites (N-methyl/N-ethyl adjacent to an activating group) is 1. The van der Waals surface area contributed by atoms with Crippen molar-refractivity contribution in [1.29, 1.82) is 0 Å². The Hall–Kier alpha value is -1.30. The minimum atomic E-state index is -0.734. The molecule has 6 nitrogen and oxygen atoms in total. The second-order valence-electron chi connectivity index (χ2n) is 5.14. The summed E-state index contributed by atoms with van der Waals surface area (Å²) < 4.78 is 9.88. The predicted octanol–water partition coefficient (Wildman–Crippen LogP) is 0.910. The molecule has 0 aromatic rings. The molecule has 0 aromatic heterocycles. The molecule has 0 radical (unpaired) electrons. The number of carbonyl (C=O) groups is 2. The molecule has 0 rings (SSSR count). The van der Waals surface area contributed by atoms with Gasteiger partial charge in [-0.25, -0.2) is 9.59 Å². The molecule has 1 amide bonds. The Labute approximate surface area is 108 Å². The molecular formula is C12H24N2O4. The minimum Gasteiger partial charge on any atom is -0.464 e. The van der Waals surface area contributed by atoms with Crippen LogP contribution in [-0.4, -0.2) is 44.9 Å². The second kappa shape index (κ2) is 7.92. The van der Waals surface area contributed by atoms with Crippen molar-refractivity contribution in [3.63, 3.8) is 0 Å². The summed E-state index contributed by atoms with van der Waals surface area (Å²) in [5.41, 5.74) is -0.111. The van der Waals surface area contributed by atoms with Crippen molar-refractivity contribution < 1.29 is 19.1 Å². The fourth-order valence-corrected chi connectivity index (χ4v) is 1.11. The number of hydrogen-bond acceptors (Lipinski definition) is 5. The van der Waals surface area contributed by atoms with E-state index in [0.717, 1.165) is 0 Å². The van der Waals surface area contributed by atoms with Gasteiger partial charge in [0, 0.05) is 6.54 Å². The summed E-state index contributed by atoms with van der Waals surface area (Å²) in [5.74, 6) is -0.473. The molecule has 0 spiro atoms. The number of carbonyl (C=O) groups excluding carboxylic acids is 2. The average Bonchev–Trinajstić information content (AvgIpc) is 2.25. The van der Waals surface area contributed by atoms with E-state index >= 15 is 0 Å². The van der Waals surface area contributed by atoms with E-state index < -0.39 is 18.1 Å². The van der Waals surface area contributed by atoms with Crippen LogP contribution < -0.4 is 10.6 Å². The van der Waals surface area contributed by atoms with E-state index in [0.29, 0.717) is 6.54 Å².